The summed E-state index contributed by atoms with van der Waals surface area (Å²) < 4.78 is 5.60. The monoisotopic (exact) mass is 240 g/mol. The quantitative estimate of drug-likeness (QED) is 0.725. The molecule has 0 amide bonds. The number of hydrogen-bond acceptors (Lipinski definition) is 2. The Morgan fingerprint density at radius 3 is 2.17 bits per heavy atom. The van der Waals surface area contributed by atoms with Gasteiger partial charge in [0.1, 0.15) is 6.29 Å². The second-order valence-corrected chi connectivity index (χ2v) is 4.15. The second kappa shape index (κ2) is 6.72. The van der Waals surface area contributed by atoms with Gasteiger partial charge in [0.25, 0.3) is 0 Å². The van der Waals surface area contributed by atoms with E-state index in [1.54, 1.807) is 0 Å². The number of benzene rings is 2. The molecule has 0 aliphatic rings. The van der Waals surface area contributed by atoms with Crippen LogP contribution in [0.1, 0.15) is 17.0 Å². The summed E-state index contributed by atoms with van der Waals surface area (Å²) in [5.74, 6) is -0.185. The summed E-state index contributed by atoms with van der Waals surface area (Å²) >= 11 is 0. The zero-order valence-electron chi connectivity index (χ0n) is 10.2. The van der Waals surface area contributed by atoms with Gasteiger partial charge >= 0.3 is 0 Å². The lowest BCUT2D eigenvalue weighted by Gasteiger charge is -2.11. The summed E-state index contributed by atoms with van der Waals surface area (Å²) in [4.78, 5) is 11.1. The van der Waals surface area contributed by atoms with Crippen LogP contribution in [0.2, 0.25) is 0 Å². The Hall–Kier alpha value is -1.93. The minimum Gasteiger partial charge on any atom is -0.376 e. The van der Waals surface area contributed by atoms with E-state index in [0.717, 1.165) is 17.4 Å². The molecule has 0 spiro atoms. The van der Waals surface area contributed by atoms with E-state index >= 15 is 0 Å². The van der Waals surface area contributed by atoms with Gasteiger partial charge in [0.2, 0.25) is 0 Å². The first-order valence-electron chi connectivity index (χ1n) is 6.02. The zero-order chi connectivity index (χ0) is 12.6. The van der Waals surface area contributed by atoms with Gasteiger partial charge in [0.15, 0.2) is 0 Å². The summed E-state index contributed by atoms with van der Waals surface area (Å²) in [6, 6.07) is 19.7. The van der Waals surface area contributed by atoms with Crippen molar-refractivity contribution in [2.45, 2.75) is 12.5 Å². The van der Waals surface area contributed by atoms with Crippen molar-refractivity contribution in [1.29, 1.82) is 0 Å². The molecule has 2 rings (SSSR count). The fourth-order valence-electron chi connectivity index (χ4n) is 1.79. The van der Waals surface area contributed by atoms with Crippen molar-refractivity contribution in [2.75, 3.05) is 6.61 Å². The van der Waals surface area contributed by atoms with Crippen molar-refractivity contribution in [2.24, 2.45) is 0 Å². The summed E-state index contributed by atoms with van der Waals surface area (Å²) in [5, 5.41) is 0. The van der Waals surface area contributed by atoms with Crippen LogP contribution in [0.5, 0.6) is 0 Å². The maximum absolute atomic E-state index is 11.1. The molecule has 0 aromatic heterocycles. The van der Waals surface area contributed by atoms with Gasteiger partial charge in [0.05, 0.1) is 19.1 Å². The van der Waals surface area contributed by atoms with Crippen LogP contribution in [0.3, 0.4) is 0 Å². The number of aldehydes is 1. The standard InChI is InChI=1S/C16H16O2/c17-11-16(15-9-5-2-6-10-15)13-18-12-14-7-3-1-4-8-14/h1-11,16H,12-13H2/t16-/m1/s1. The normalized spacial score (nSPS) is 12.0. The molecule has 0 saturated heterocycles. The maximum Gasteiger partial charge on any atom is 0.129 e. The van der Waals surface area contributed by atoms with Crippen LogP contribution < -0.4 is 0 Å². The van der Waals surface area contributed by atoms with Gasteiger partial charge in [-0.3, -0.25) is 0 Å². The number of carbonyl (C=O) groups is 1. The van der Waals surface area contributed by atoms with Gasteiger partial charge in [-0.15, -0.1) is 0 Å². The minimum atomic E-state index is -0.185. The molecule has 2 aromatic carbocycles. The molecule has 0 aliphatic carbocycles. The van der Waals surface area contributed by atoms with E-state index < -0.39 is 0 Å². The summed E-state index contributed by atoms with van der Waals surface area (Å²) in [6.45, 7) is 0.959. The van der Waals surface area contributed by atoms with Gasteiger partial charge in [-0.1, -0.05) is 60.7 Å². The molecule has 0 unspecified atom stereocenters. The number of hydrogen-bond donors (Lipinski definition) is 0. The molecular weight excluding hydrogens is 224 g/mol. The third-order valence-corrected chi connectivity index (χ3v) is 2.80. The van der Waals surface area contributed by atoms with Crippen molar-refractivity contribution >= 4 is 6.29 Å². The van der Waals surface area contributed by atoms with Crippen LogP contribution in [0.25, 0.3) is 0 Å². The Balaban J connectivity index is 1.87. The lowest BCUT2D eigenvalue weighted by molar-refractivity contribution is -0.110. The smallest absolute Gasteiger partial charge is 0.129 e. The Kier molecular flexibility index (Phi) is 4.68. The van der Waals surface area contributed by atoms with Crippen molar-refractivity contribution in [3.63, 3.8) is 0 Å². The first-order valence-corrected chi connectivity index (χ1v) is 6.02. The van der Waals surface area contributed by atoms with E-state index in [4.69, 9.17) is 4.74 Å². The first-order chi connectivity index (χ1) is 8.90. The SMILES string of the molecule is O=C[C@H](COCc1ccccc1)c1ccccc1. The highest BCUT2D eigenvalue weighted by Crippen LogP contribution is 2.14. The topological polar surface area (TPSA) is 26.3 Å². The van der Waals surface area contributed by atoms with E-state index in [1.165, 1.54) is 0 Å². The molecule has 0 fully saturated rings. The average Bonchev–Trinajstić information content (AvgIpc) is 2.46. The largest absolute Gasteiger partial charge is 0.376 e. The minimum absolute atomic E-state index is 0.185. The molecule has 2 heteroatoms. The predicted octanol–water partition coefficient (Wildman–Crippen LogP) is 3.19. The van der Waals surface area contributed by atoms with Gasteiger partial charge in [0, 0.05) is 0 Å². The number of ether oxygens (including phenoxy) is 1. The second-order valence-electron chi connectivity index (χ2n) is 4.15. The fraction of sp³-hybridized carbons (Fsp3) is 0.188. The van der Waals surface area contributed by atoms with E-state index in [9.17, 15) is 4.79 Å². The third kappa shape index (κ3) is 3.54. The Bertz CT molecular complexity index is 465. The molecule has 2 aromatic rings. The predicted molar refractivity (Wildman–Crippen MR) is 71.3 cm³/mol. The number of carbonyl (C=O) groups excluding carboxylic acids is 1. The number of rotatable bonds is 6. The van der Waals surface area contributed by atoms with Gasteiger partial charge in [-0.2, -0.15) is 0 Å². The Labute approximate surface area is 107 Å². The van der Waals surface area contributed by atoms with E-state index in [1.807, 2.05) is 60.7 Å². The van der Waals surface area contributed by atoms with Crippen LogP contribution in [0, 0.1) is 0 Å². The molecule has 2 nitrogen and oxygen atoms in total. The molecule has 0 heterocycles. The summed E-state index contributed by atoms with van der Waals surface area (Å²) in [6.07, 6.45) is 0.945. The van der Waals surface area contributed by atoms with E-state index in [2.05, 4.69) is 0 Å². The van der Waals surface area contributed by atoms with E-state index in [-0.39, 0.29) is 5.92 Å². The maximum atomic E-state index is 11.1. The Morgan fingerprint density at radius 2 is 1.56 bits per heavy atom. The van der Waals surface area contributed by atoms with E-state index in [0.29, 0.717) is 13.2 Å². The van der Waals surface area contributed by atoms with Crippen molar-refractivity contribution in [1.82, 2.24) is 0 Å². The molecule has 1 atom stereocenters. The van der Waals surface area contributed by atoms with Crippen molar-refractivity contribution < 1.29 is 9.53 Å². The Morgan fingerprint density at radius 1 is 0.944 bits per heavy atom. The molecular formula is C16H16O2. The highest BCUT2D eigenvalue weighted by atomic mass is 16.5. The van der Waals surface area contributed by atoms with Crippen LogP contribution in [0.4, 0.5) is 0 Å². The molecule has 0 saturated carbocycles. The molecule has 0 bridgehead atoms. The van der Waals surface area contributed by atoms with Crippen LogP contribution in [0.15, 0.2) is 60.7 Å². The summed E-state index contributed by atoms with van der Waals surface area (Å²) in [7, 11) is 0. The third-order valence-electron chi connectivity index (χ3n) is 2.80. The van der Waals surface area contributed by atoms with Gasteiger partial charge in [-0.05, 0) is 11.1 Å². The molecule has 0 aliphatic heterocycles. The lowest BCUT2D eigenvalue weighted by Crippen LogP contribution is -2.09. The fourth-order valence-corrected chi connectivity index (χ4v) is 1.79. The summed E-state index contributed by atoms with van der Waals surface area (Å²) in [5.41, 5.74) is 2.12. The van der Waals surface area contributed by atoms with Crippen LogP contribution in [-0.4, -0.2) is 12.9 Å². The van der Waals surface area contributed by atoms with Gasteiger partial charge < -0.3 is 9.53 Å². The van der Waals surface area contributed by atoms with Crippen LogP contribution >= 0.6 is 0 Å². The molecule has 92 valence electrons. The van der Waals surface area contributed by atoms with Crippen molar-refractivity contribution in [3.05, 3.63) is 71.8 Å². The molecule has 0 radical (unpaired) electrons. The zero-order valence-corrected chi connectivity index (χ0v) is 10.2. The highest BCUT2D eigenvalue weighted by molar-refractivity contribution is 5.62. The first kappa shape index (κ1) is 12.5. The lowest BCUT2D eigenvalue weighted by atomic mass is 10.0. The average molecular weight is 240 g/mol. The van der Waals surface area contributed by atoms with Gasteiger partial charge in [-0.25, -0.2) is 0 Å². The molecule has 0 N–H and O–H groups in total. The molecule has 18 heavy (non-hydrogen) atoms. The van der Waals surface area contributed by atoms with Crippen molar-refractivity contribution in [3.8, 4) is 0 Å². The highest BCUT2D eigenvalue weighted by Gasteiger charge is 2.09. The van der Waals surface area contributed by atoms with Crippen LogP contribution in [-0.2, 0) is 16.1 Å².